The van der Waals surface area contributed by atoms with Gasteiger partial charge in [0.1, 0.15) is 0 Å². The summed E-state index contributed by atoms with van der Waals surface area (Å²) in [7, 11) is 3.93. The van der Waals surface area contributed by atoms with Gasteiger partial charge in [-0.15, -0.1) is 0 Å². The van der Waals surface area contributed by atoms with Crippen LogP contribution in [0.3, 0.4) is 0 Å². The third-order valence-electron chi connectivity index (χ3n) is 6.20. The Labute approximate surface area is 180 Å². The van der Waals surface area contributed by atoms with Crippen LogP contribution >= 0.6 is 0 Å². The number of ketones is 1. The van der Waals surface area contributed by atoms with Gasteiger partial charge in [0.05, 0.1) is 6.04 Å². The first kappa shape index (κ1) is 22.3. The number of fused-ring (bicyclic) bond motifs is 1. The number of hydrogen-bond acceptors (Lipinski definition) is 4. The van der Waals surface area contributed by atoms with Gasteiger partial charge in [0, 0.05) is 50.9 Å². The molecular weight excluding hydrogens is 376 g/mol. The molecule has 1 heterocycles. The molecule has 1 aliphatic carbocycles. The molecule has 1 saturated heterocycles. The maximum absolute atomic E-state index is 12.7. The Bertz CT molecular complexity index is 762. The highest BCUT2D eigenvalue weighted by atomic mass is 16.2. The molecule has 1 aromatic rings. The van der Waals surface area contributed by atoms with Crippen LogP contribution in [0.4, 0.5) is 4.79 Å². The van der Waals surface area contributed by atoms with Crippen LogP contribution < -0.4 is 10.6 Å². The van der Waals surface area contributed by atoms with Crippen molar-refractivity contribution in [1.82, 2.24) is 20.4 Å². The van der Waals surface area contributed by atoms with Crippen LogP contribution in [0.2, 0.25) is 0 Å². The molecule has 6 nitrogen and oxygen atoms in total. The standard InChI is InChI=1S/C24H36N4O2/c1-5-11-28-16-21(26-24(30)25-17(2)18-9-7-6-8-10-18)12-19-14-23(29)20(13-22(19)28)15-27(3)4/h6-10,15,17,19,21-22H,5,11-14,16H2,1-4H3,(H2,25,26,30)/t17-,19+,21-,22+/m0/s1. The van der Waals surface area contributed by atoms with Gasteiger partial charge in [0.2, 0.25) is 0 Å². The van der Waals surface area contributed by atoms with Crippen molar-refractivity contribution in [2.24, 2.45) is 5.92 Å². The minimum absolute atomic E-state index is 0.0516. The molecule has 2 N–H and O–H groups in total. The summed E-state index contributed by atoms with van der Waals surface area (Å²) in [5, 5.41) is 6.22. The molecule has 0 radical (unpaired) electrons. The number of rotatable bonds is 6. The van der Waals surface area contributed by atoms with Crippen molar-refractivity contribution in [2.75, 3.05) is 27.2 Å². The Morgan fingerprint density at radius 1 is 1.27 bits per heavy atom. The first-order valence-corrected chi connectivity index (χ1v) is 11.1. The Hall–Kier alpha value is -2.34. The molecule has 1 aromatic carbocycles. The molecule has 3 rings (SSSR count). The normalized spacial score (nSPS) is 26.7. The Morgan fingerprint density at radius 2 is 2.00 bits per heavy atom. The fraction of sp³-hybridized carbons (Fsp3) is 0.583. The third-order valence-corrected chi connectivity index (χ3v) is 6.20. The number of urea groups is 1. The number of nitrogens with one attached hydrogen (secondary N) is 2. The number of Topliss-reactive ketones (excluding diaryl/α,β-unsaturated/α-hetero) is 1. The van der Waals surface area contributed by atoms with Crippen LogP contribution in [0.5, 0.6) is 0 Å². The first-order chi connectivity index (χ1) is 14.4. The number of benzene rings is 1. The molecule has 6 heteroatoms. The lowest BCUT2D eigenvalue weighted by atomic mass is 9.74. The number of carbonyl (C=O) groups excluding carboxylic acids is 2. The summed E-state index contributed by atoms with van der Waals surface area (Å²) in [5.74, 6) is 0.554. The largest absolute Gasteiger partial charge is 0.383 e. The summed E-state index contributed by atoms with van der Waals surface area (Å²) in [6, 6.07) is 10.2. The van der Waals surface area contributed by atoms with Crippen LogP contribution in [0.15, 0.2) is 42.1 Å². The summed E-state index contributed by atoms with van der Waals surface area (Å²) in [4.78, 5) is 29.7. The Kier molecular flexibility index (Phi) is 7.53. The summed E-state index contributed by atoms with van der Waals surface area (Å²) in [6.07, 6.45) is 5.29. The topological polar surface area (TPSA) is 64.7 Å². The Balaban J connectivity index is 1.63. The second-order valence-electron chi connectivity index (χ2n) is 8.95. The molecule has 0 bridgehead atoms. The zero-order valence-electron chi connectivity index (χ0n) is 18.7. The van der Waals surface area contributed by atoms with Crippen LogP contribution in [0, 0.1) is 5.92 Å². The molecule has 1 saturated carbocycles. The fourth-order valence-corrected chi connectivity index (χ4v) is 4.87. The van der Waals surface area contributed by atoms with Gasteiger partial charge < -0.3 is 15.5 Å². The minimum atomic E-state index is -0.137. The number of carbonyl (C=O) groups is 2. The summed E-state index contributed by atoms with van der Waals surface area (Å²) < 4.78 is 0. The van der Waals surface area contributed by atoms with Crippen molar-refractivity contribution in [3.8, 4) is 0 Å². The van der Waals surface area contributed by atoms with Gasteiger partial charge in [-0.1, -0.05) is 37.3 Å². The van der Waals surface area contributed by atoms with Crippen LogP contribution in [-0.4, -0.2) is 60.9 Å². The van der Waals surface area contributed by atoms with Crippen molar-refractivity contribution in [2.45, 2.75) is 57.7 Å². The molecule has 2 amide bonds. The van der Waals surface area contributed by atoms with Crippen molar-refractivity contribution in [1.29, 1.82) is 0 Å². The average molecular weight is 413 g/mol. The van der Waals surface area contributed by atoms with Gasteiger partial charge in [-0.2, -0.15) is 0 Å². The van der Waals surface area contributed by atoms with Crippen LogP contribution in [0.25, 0.3) is 0 Å². The van der Waals surface area contributed by atoms with Gasteiger partial charge >= 0.3 is 6.03 Å². The smallest absolute Gasteiger partial charge is 0.315 e. The second-order valence-corrected chi connectivity index (χ2v) is 8.95. The average Bonchev–Trinajstić information content (AvgIpc) is 2.69. The molecule has 0 spiro atoms. The van der Waals surface area contributed by atoms with Gasteiger partial charge in [-0.05, 0) is 44.2 Å². The van der Waals surface area contributed by atoms with E-state index in [2.05, 4.69) is 22.5 Å². The molecule has 0 unspecified atom stereocenters. The highest BCUT2D eigenvalue weighted by Gasteiger charge is 2.41. The fourth-order valence-electron chi connectivity index (χ4n) is 4.87. The van der Waals surface area contributed by atoms with Crippen molar-refractivity contribution >= 4 is 11.8 Å². The molecule has 30 heavy (non-hydrogen) atoms. The first-order valence-electron chi connectivity index (χ1n) is 11.1. The predicted molar refractivity (Wildman–Crippen MR) is 120 cm³/mol. The zero-order valence-corrected chi connectivity index (χ0v) is 18.7. The zero-order chi connectivity index (χ0) is 21.7. The lowest BCUT2D eigenvalue weighted by Gasteiger charge is -2.47. The maximum atomic E-state index is 12.7. The van der Waals surface area contributed by atoms with Crippen molar-refractivity contribution in [3.05, 3.63) is 47.7 Å². The maximum Gasteiger partial charge on any atom is 0.315 e. The van der Waals surface area contributed by atoms with E-state index in [0.717, 1.165) is 43.5 Å². The molecule has 1 aliphatic heterocycles. The quantitative estimate of drug-likeness (QED) is 0.704. The molecule has 4 atom stereocenters. The molecule has 2 fully saturated rings. The van der Waals surface area contributed by atoms with E-state index in [1.165, 1.54) is 0 Å². The van der Waals surface area contributed by atoms with E-state index in [9.17, 15) is 9.59 Å². The minimum Gasteiger partial charge on any atom is -0.383 e. The summed E-state index contributed by atoms with van der Waals surface area (Å²) in [6.45, 7) is 6.01. The van der Waals surface area contributed by atoms with Gasteiger partial charge in [-0.25, -0.2) is 4.79 Å². The highest BCUT2D eigenvalue weighted by molar-refractivity contribution is 5.96. The lowest BCUT2D eigenvalue weighted by Crippen LogP contribution is -2.58. The molecule has 0 aromatic heterocycles. The molecule has 164 valence electrons. The second kappa shape index (κ2) is 10.1. The number of nitrogens with zero attached hydrogens (tertiary/aromatic N) is 2. The number of hydrogen-bond donors (Lipinski definition) is 2. The van der Waals surface area contributed by atoms with E-state index in [-0.39, 0.29) is 23.9 Å². The molecule has 2 aliphatic rings. The van der Waals surface area contributed by atoms with E-state index in [1.54, 1.807) is 0 Å². The van der Waals surface area contributed by atoms with Crippen LogP contribution in [0.1, 0.15) is 51.1 Å². The lowest BCUT2D eigenvalue weighted by molar-refractivity contribution is -0.119. The predicted octanol–water partition coefficient (Wildman–Crippen LogP) is 3.32. The van der Waals surface area contributed by atoms with E-state index < -0.39 is 0 Å². The van der Waals surface area contributed by atoms with Gasteiger partial charge in [0.25, 0.3) is 0 Å². The SMILES string of the molecule is CCCN1C[C@@H](NC(=O)N[C@@H](C)c2ccccc2)C[C@@H]2CC(=O)C(=CN(C)C)C[C@H]21. The van der Waals surface area contributed by atoms with Gasteiger partial charge in [0.15, 0.2) is 5.78 Å². The number of piperidine rings is 1. The van der Waals surface area contributed by atoms with Crippen molar-refractivity contribution in [3.63, 3.8) is 0 Å². The number of amides is 2. The Morgan fingerprint density at radius 3 is 2.67 bits per heavy atom. The van der Waals surface area contributed by atoms with E-state index in [4.69, 9.17) is 0 Å². The monoisotopic (exact) mass is 412 g/mol. The summed E-state index contributed by atoms with van der Waals surface area (Å²) in [5.41, 5.74) is 2.02. The highest BCUT2D eigenvalue weighted by Crippen LogP contribution is 2.36. The van der Waals surface area contributed by atoms with E-state index in [1.807, 2.05) is 62.5 Å². The summed E-state index contributed by atoms with van der Waals surface area (Å²) >= 11 is 0. The van der Waals surface area contributed by atoms with Crippen LogP contribution in [-0.2, 0) is 4.79 Å². The molecular formula is C24H36N4O2. The van der Waals surface area contributed by atoms with Gasteiger partial charge in [-0.3, -0.25) is 9.69 Å². The van der Waals surface area contributed by atoms with E-state index >= 15 is 0 Å². The van der Waals surface area contributed by atoms with E-state index in [0.29, 0.717) is 18.4 Å². The number of likely N-dealkylation sites (tertiary alicyclic amines) is 1. The third kappa shape index (κ3) is 5.63. The van der Waals surface area contributed by atoms with Crippen molar-refractivity contribution < 1.29 is 9.59 Å².